The second-order valence-electron chi connectivity index (χ2n) is 7.50. The molecule has 154 valence electrons. The van der Waals surface area contributed by atoms with Crippen molar-refractivity contribution >= 4 is 5.91 Å². The summed E-state index contributed by atoms with van der Waals surface area (Å²) in [5.74, 6) is 2.84. The second kappa shape index (κ2) is 7.74. The number of fused-ring (bicyclic) bond motifs is 1. The van der Waals surface area contributed by atoms with E-state index in [0.717, 1.165) is 35.5 Å². The van der Waals surface area contributed by atoms with Gasteiger partial charge in [-0.1, -0.05) is 12.1 Å². The van der Waals surface area contributed by atoms with Crippen LogP contribution in [0, 0.1) is 0 Å². The lowest BCUT2D eigenvalue weighted by Gasteiger charge is -2.21. The quantitative estimate of drug-likeness (QED) is 0.682. The van der Waals surface area contributed by atoms with Crippen molar-refractivity contribution in [2.45, 2.75) is 25.3 Å². The van der Waals surface area contributed by atoms with Crippen molar-refractivity contribution in [1.29, 1.82) is 0 Å². The standard InChI is InChI=1S/C23H23N3O4/c1-28-19-14-21-20(29-10-11-30-21)13-18(19)23-24-8-9-26(23)17-6-2-15(3-7-17)12-22(27)25-16-4-5-16/h2-3,6-9,13-14,16H,4-5,10-12H2,1H3,(H,25,27). The molecule has 1 aliphatic heterocycles. The fourth-order valence-corrected chi connectivity index (χ4v) is 3.59. The molecule has 1 N–H and O–H groups in total. The Hall–Kier alpha value is -3.48. The molecule has 0 radical (unpaired) electrons. The molecule has 2 aromatic carbocycles. The van der Waals surface area contributed by atoms with Crippen molar-refractivity contribution in [3.05, 3.63) is 54.4 Å². The summed E-state index contributed by atoms with van der Waals surface area (Å²) in [7, 11) is 1.63. The number of carbonyl (C=O) groups excluding carboxylic acids is 1. The van der Waals surface area contributed by atoms with Crippen LogP contribution in [0.1, 0.15) is 18.4 Å². The summed E-state index contributed by atoms with van der Waals surface area (Å²) >= 11 is 0. The van der Waals surface area contributed by atoms with Gasteiger partial charge in [0.15, 0.2) is 11.5 Å². The predicted octanol–water partition coefficient (Wildman–Crippen LogP) is 3.14. The predicted molar refractivity (Wildman–Crippen MR) is 111 cm³/mol. The molecule has 1 saturated carbocycles. The Bertz CT molecular complexity index is 1070. The van der Waals surface area contributed by atoms with Gasteiger partial charge < -0.3 is 19.5 Å². The summed E-state index contributed by atoms with van der Waals surface area (Å²) in [6, 6.07) is 12.1. The van der Waals surface area contributed by atoms with E-state index in [2.05, 4.69) is 10.3 Å². The fourth-order valence-electron chi connectivity index (χ4n) is 3.59. The van der Waals surface area contributed by atoms with Crippen LogP contribution in [0.15, 0.2) is 48.8 Å². The number of nitrogens with one attached hydrogen (secondary N) is 1. The van der Waals surface area contributed by atoms with E-state index in [4.69, 9.17) is 14.2 Å². The summed E-state index contributed by atoms with van der Waals surface area (Å²) in [4.78, 5) is 16.6. The topological polar surface area (TPSA) is 74.6 Å². The van der Waals surface area contributed by atoms with Gasteiger partial charge in [0, 0.05) is 30.2 Å². The van der Waals surface area contributed by atoms with Crippen LogP contribution in [0.4, 0.5) is 0 Å². The molecular formula is C23H23N3O4. The van der Waals surface area contributed by atoms with E-state index < -0.39 is 0 Å². The highest BCUT2D eigenvalue weighted by molar-refractivity contribution is 5.79. The maximum Gasteiger partial charge on any atom is 0.224 e. The molecule has 0 spiro atoms. The van der Waals surface area contributed by atoms with Crippen LogP contribution in [0.2, 0.25) is 0 Å². The van der Waals surface area contributed by atoms with Gasteiger partial charge in [-0.15, -0.1) is 0 Å². The van der Waals surface area contributed by atoms with Crippen LogP contribution < -0.4 is 19.5 Å². The molecule has 2 heterocycles. The fraction of sp³-hybridized carbons (Fsp3) is 0.304. The van der Waals surface area contributed by atoms with Gasteiger partial charge in [0.1, 0.15) is 24.8 Å². The number of nitrogens with zero attached hydrogens (tertiary/aromatic N) is 2. The van der Waals surface area contributed by atoms with E-state index in [9.17, 15) is 4.79 Å². The smallest absolute Gasteiger partial charge is 0.224 e. The lowest BCUT2D eigenvalue weighted by Crippen LogP contribution is -2.26. The Labute approximate surface area is 174 Å². The number of hydrogen-bond donors (Lipinski definition) is 1. The number of rotatable bonds is 6. The summed E-state index contributed by atoms with van der Waals surface area (Å²) in [5, 5.41) is 3.02. The SMILES string of the molecule is COc1cc2c(cc1-c1nccn1-c1ccc(CC(=O)NC3CC3)cc1)OCCO2. The van der Waals surface area contributed by atoms with Crippen LogP contribution in [-0.2, 0) is 11.2 Å². The maximum absolute atomic E-state index is 12.0. The minimum Gasteiger partial charge on any atom is -0.496 e. The lowest BCUT2D eigenvalue weighted by molar-refractivity contribution is -0.120. The molecule has 1 aliphatic carbocycles. The number of ether oxygens (including phenoxy) is 3. The van der Waals surface area contributed by atoms with Gasteiger partial charge in [0.2, 0.25) is 5.91 Å². The first-order valence-electron chi connectivity index (χ1n) is 10.1. The first-order valence-corrected chi connectivity index (χ1v) is 10.1. The summed E-state index contributed by atoms with van der Waals surface area (Å²) < 4.78 is 19.0. The monoisotopic (exact) mass is 405 g/mol. The van der Waals surface area contributed by atoms with E-state index in [-0.39, 0.29) is 5.91 Å². The number of aromatic nitrogens is 2. The first-order chi connectivity index (χ1) is 14.7. The van der Waals surface area contributed by atoms with Gasteiger partial charge in [-0.05, 0) is 36.6 Å². The number of hydrogen-bond acceptors (Lipinski definition) is 5. The Balaban J connectivity index is 1.43. The number of carbonyl (C=O) groups is 1. The molecule has 0 unspecified atom stereocenters. The molecule has 1 fully saturated rings. The normalized spacial score (nSPS) is 15.0. The molecule has 3 aromatic rings. The van der Waals surface area contributed by atoms with Crippen LogP contribution >= 0.6 is 0 Å². The molecule has 5 rings (SSSR count). The minimum atomic E-state index is 0.0783. The molecule has 30 heavy (non-hydrogen) atoms. The summed E-state index contributed by atoms with van der Waals surface area (Å²) in [5.41, 5.74) is 2.75. The highest BCUT2D eigenvalue weighted by Crippen LogP contribution is 2.41. The van der Waals surface area contributed by atoms with Crippen LogP contribution in [0.25, 0.3) is 17.1 Å². The molecule has 1 aromatic heterocycles. The Morgan fingerprint density at radius 1 is 1.17 bits per heavy atom. The van der Waals surface area contributed by atoms with Crippen molar-refractivity contribution in [2.24, 2.45) is 0 Å². The van der Waals surface area contributed by atoms with Crippen molar-refractivity contribution in [2.75, 3.05) is 20.3 Å². The lowest BCUT2D eigenvalue weighted by atomic mass is 10.1. The van der Waals surface area contributed by atoms with E-state index in [0.29, 0.717) is 42.9 Å². The van der Waals surface area contributed by atoms with Gasteiger partial charge in [0.25, 0.3) is 0 Å². The van der Waals surface area contributed by atoms with Gasteiger partial charge in [-0.3, -0.25) is 9.36 Å². The van der Waals surface area contributed by atoms with Crippen LogP contribution in [0.3, 0.4) is 0 Å². The summed E-state index contributed by atoms with van der Waals surface area (Å²) in [6.45, 7) is 1.04. The third kappa shape index (κ3) is 3.70. The molecule has 1 amide bonds. The minimum absolute atomic E-state index is 0.0783. The zero-order chi connectivity index (χ0) is 20.5. The number of amides is 1. The maximum atomic E-state index is 12.0. The highest BCUT2D eigenvalue weighted by atomic mass is 16.6. The van der Waals surface area contributed by atoms with Crippen LogP contribution in [-0.4, -0.2) is 41.8 Å². The number of methoxy groups -OCH3 is 1. The number of benzene rings is 2. The van der Waals surface area contributed by atoms with E-state index in [1.165, 1.54) is 0 Å². The van der Waals surface area contributed by atoms with Gasteiger partial charge in [-0.2, -0.15) is 0 Å². The third-order valence-corrected chi connectivity index (χ3v) is 5.27. The average Bonchev–Trinajstić information content (AvgIpc) is 3.45. The van der Waals surface area contributed by atoms with Crippen molar-refractivity contribution in [3.63, 3.8) is 0 Å². The van der Waals surface area contributed by atoms with Gasteiger partial charge in [-0.25, -0.2) is 4.98 Å². The molecular weight excluding hydrogens is 382 g/mol. The van der Waals surface area contributed by atoms with Gasteiger partial charge >= 0.3 is 0 Å². The Morgan fingerprint density at radius 2 is 1.90 bits per heavy atom. The molecule has 0 bridgehead atoms. The zero-order valence-electron chi connectivity index (χ0n) is 16.8. The third-order valence-electron chi connectivity index (χ3n) is 5.27. The Morgan fingerprint density at radius 3 is 2.60 bits per heavy atom. The van der Waals surface area contributed by atoms with E-state index >= 15 is 0 Å². The van der Waals surface area contributed by atoms with Crippen molar-refractivity contribution < 1.29 is 19.0 Å². The van der Waals surface area contributed by atoms with Gasteiger partial charge in [0.05, 0.1) is 19.1 Å². The van der Waals surface area contributed by atoms with Crippen molar-refractivity contribution in [1.82, 2.24) is 14.9 Å². The zero-order valence-corrected chi connectivity index (χ0v) is 16.8. The molecule has 0 saturated heterocycles. The molecule has 7 nitrogen and oxygen atoms in total. The van der Waals surface area contributed by atoms with E-state index in [1.54, 1.807) is 13.3 Å². The van der Waals surface area contributed by atoms with Crippen LogP contribution in [0.5, 0.6) is 17.2 Å². The van der Waals surface area contributed by atoms with E-state index in [1.807, 2.05) is 47.2 Å². The van der Waals surface area contributed by atoms with Crippen molar-refractivity contribution in [3.8, 4) is 34.3 Å². The molecule has 7 heteroatoms. The molecule has 0 atom stereocenters. The highest BCUT2D eigenvalue weighted by Gasteiger charge is 2.23. The second-order valence-corrected chi connectivity index (χ2v) is 7.50. The number of imidazole rings is 1. The largest absolute Gasteiger partial charge is 0.496 e. The Kier molecular flexibility index (Phi) is 4.78. The molecule has 2 aliphatic rings. The average molecular weight is 405 g/mol. The first kappa shape index (κ1) is 18.5. The summed E-state index contributed by atoms with van der Waals surface area (Å²) in [6.07, 6.45) is 6.24.